The molecule has 0 aliphatic rings. The van der Waals surface area contributed by atoms with Gasteiger partial charge in [-0.15, -0.1) is 0 Å². The Bertz CT molecular complexity index is 2000. The molecule has 0 atom stereocenters. The summed E-state index contributed by atoms with van der Waals surface area (Å²) in [6.45, 7) is 9.73. The Balaban J connectivity index is 1.57. The fourth-order valence-corrected chi connectivity index (χ4v) is 6.08. The standard InChI is InChI=1S/C35H42N6O8S/c1-7-24-31(48-20(2)39-24)33(45)40-34-41(30-26(46-6)17-22(32(37)44)18-27(30)50-34)13-9-8-12-38-29-23(36)15-21(19-42)16-25(29)47-14-10-11-28(43)49-35(3,4)5/h8-9,15-19,38H,7,10-14,36H2,1-6H3,(H2,37,44)/b9-8+,40-34?. The van der Waals surface area contributed by atoms with Crippen LogP contribution in [0.3, 0.4) is 0 Å². The number of allylic oxidation sites excluding steroid dienone is 1. The number of primary amides is 1. The van der Waals surface area contributed by atoms with Crippen LogP contribution < -0.4 is 31.1 Å². The van der Waals surface area contributed by atoms with E-state index in [9.17, 15) is 19.2 Å². The number of aromatic nitrogens is 2. The predicted octanol–water partition coefficient (Wildman–Crippen LogP) is 4.97. The van der Waals surface area contributed by atoms with Crippen molar-refractivity contribution in [2.45, 2.75) is 66.0 Å². The van der Waals surface area contributed by atoms with E-state index >= 15 is 0 Å². The van der Waals surface area contributed by atoms with Crippen LogP contribution in [0, 0.1) is 6.92 Å². The molecule has 2 aromatic heterocycles. The average molecular weight is 707 g/mol. The van der Waals surface area contributed by atoms with Crippen molar-refractivity contribution in [1.29, 1.82) is 0 Å². The highest BCUT2D eigenvalue weighted by atomic mass is 32.1. The maximum atomic E-state index is 13.3. The fourth-order valence-electron chi connectivity index (χ4n) is 4.99. The minimum Gasteiger partial charge on any atom is -0.494 e. The number of oxazole rings is 1. The quantitative estimate of drug-likeness (QED) is 0.0495. The van der Waals surface area contributed by atoms with E-state index in [4.69, 9.17) is 30.1 Å². The zero-order chi connectivity index (χ0) is 36.6. The van der Waals surface area contributed by atoms with E-state index in [0.717, 1.165) is 0 Å². The average Bonchev–Trinajstić information content (AvgIpc) is 3.61. The van der Waals surface area contributed by atoms with Gasteiger partial charge >= 0.3 is 11.9 Å². The summed E-state index contributed by atoms with van der Waals surface area (Å²) < 4.78 is 24.9. The number of esters is 1. The van der Waals surface area contributed by atoms with Gasteiger partial charge in [0.1, 0.15) is 34.6 Å². The minimum absolute atomic E-state index is 0.0691. The maximum Gasteiger partial charge on any atom is 0.317 e. The Morgan fingerprint density at radius 2 is 1.90 bits per heavy atom. The molecule has 0 aliphatic heterocycles. The first-order valence-corrected chi connectivity index (χ1v) is 16.7. The Hall–Kier alpha value is -5.44. The molecule has 2 amide bonds. The van der Waals surface area contributed by atoms with Crippen LogP contribution in [0.25, 0.3) is 10.2 Å². The number of thiazole rings is 1. The van der Waals surface area contributed by atoms with E-state index < -0.39 is 17.4 Å². The van der Waals surface area contributed by atoms with E-state index in [1.54, 1.807) is 50.5 Å². The summed E-state index contributed by atoms with van der Waals surface area (Å²) in [5.74, 6) is -0.353. The number of nitrogens with two attached hydrogens (primary N) is 2. The van der Waals surface area contributed by atoms with E-state index in [0.29, 0.717) is 80.7 Å². The minimum atomic E-state index is -0.623. The Morgan fingerprint density at radius 1 is 1.14 bits per heavy atom. The summed E-state index contributed by atoms with van der Waals surface area (Å²) in [6, 6.07) is 6.29. The third-order valence-corrected chi connectivity index (χ3v) is 8.15. The van der Waals surface area contributed by atoms with Gasteiger partial charge in [0.25, 0.3) is 0 Å². The largest absolute Gasteiger partial charge is 0.494 e. The first kappa shape index (κ1) is 37.4. The first-order chi connectivity index (χ1) is 23.7. The van der Waals surface area contributed by atoms with Crippen LogP contribution in [-0.4, -0.2) is 59.5 Å². The summed E-state index contributed by atoms with van der Waals surface area (Å²) in [5.41, 5.74) is 13.8. The molecule has 15 heteroatoms. The Labute approximate surface area is 293 Å². The number of methoxy groups -OCH3 is 1. The van der Waals surface area contributed by atoms with Gasteiger partial charge in [0.05, 0.1) is 29.8 Å². The SMILES string of the molecule is CCc1nc(C)oc1C(=O)N=c1sc2cc(C(N)=O)cc(OC)c2n1C/C=C/CNc1c(N)cc(C=O)cc1OCCCC(=O)OC(C)(C)C. The highest BCUT2D eigenvalue weighted by molar-refractivity contribution is 7.16. The van der Waals surface area contributed by atoms with Crippen molar-refractivity contribution in [3.63, 3.8) is 0 Å². The molecule has 50 heavy (non-hydrogen) atoms. The predicted molar refractivity (Wildman–Crippen MR) is 190 cm³/mol. The van der Waals surface area contributed by atoms with Crippen LogP contribution in [0.2, 0.25) is 0 Å². The van der Waals surface area contributed by atoms with E-state index in [1.165, 1.54) is 24.5 Å². The van der Waals surface area contributed by atoms with Crippen molar-refractivity contribution in [2.75, 3.05) is 31.3 Å². The van der Waals surface area contributed by atoms with Crippen LogP contribution >= 0.6 is 11.3 Å². The van der Waals surface area contributed by atoms with Gasteiger partial charge in [-0.05, 0) is 57.9 Å². The number of aryl methyl sites for hydroxylation is 2. The second-order valence-electron chi connectivity index (χ2n) is 12.2. The second-order valence-corrected chi connectivity index (χ2v) is 13.2. The van der Waals surface area contributed by atoms with Gasteiger partial charge in [-0.1, -0.05) is 30.4 Å². The van der Waals surface area contributed by atoms with Crippen LogP contribution in [0.5, 0.6) is 11.5 Å². The van der Waals surface area contributed by atoms with Gasteiger partial charge in [0.2, 0.25) is 11.7 Å². The van der Waals surface area contributed by atoms with Crippen molar-refractivity contribution in [2.24, 2.45) is 10.7 Å². The molecular weight excluding hydrogens is 664 g/mol. The number of aldehydes is 1. The molecule has 0 bridgehead atoms. The number of carbonyl (C=O) groups is 4. The number of benzene rings is 2. The molecule has 5 N–H and O–H groups in total. The molecule has 2 heterocycles. The van der Waals surface area contributed by atoms with E-state index in [1.807, 2.05) is 19.1 Å². The molecular formula is C35H42N6O8S. The lowest BCUT2D eigenvalue weighted by molar-refractivity contribution is -0.155. The molecule has 0 radical (unpaired) electrons. The van der Waals surface area contributed by atoms with Gasteiger partial charge < -0.3 is 40.0 Å². The van der Waals surface area contributed by atoms with Crippen LogP contribution in [0.1, 0.15) is 83.4 Å². The van der Waals surface area contributed by atoms with Crippen LogP contribution in [0.4, 0.5) is 11.4 Å². The molecule has 0 fully saturated rings. The van der Waals surface area contributed by atoms with Crippen molar-refractivity contribution in [3.8, 4) is 11.5 Å². The number of fused-ring (bicyclic) bond motifs is 1. The smallest absolute Gasteiger partial charge is 0.317 e. The number of rotatable bonds is 15. The highest BCUT2D eigenvalue weighted by Crippen LogP contribution is 2.33. The number of amides is 2. The Morgan fingerprint density at radius 3 is 2.56 bits per heavy atom. The maximum absolute atomic E-state index is 13.3. The summed E-state index contributed by atoms with van der Waals surface area (Å²) in [5, 5.41) is 3.23. The summed E-state index contributed by atoms with van der Waals surface area (Å²) in [6.07, 6.45) is 5.45. The summed E-state index contributed by atoms with van der Waals surface area (Å²) in [7, 11) is 1.48. The second kappa shape index (κ2) is 16.3. The summed E-state index contributed by atoms with van der Waals surface area (Å²) in [4.78, 5) is 57.9. The van der Waals surface area contributed by atoms with Gasteiger partial charge in [0, 0.05) is 37.6 Å². The zero-order valence-corrected chi connectivity index (χ0v) is 29.8. The van der Waals surface area contributed by atoms with E-state index in [2.05, 4.69) is 15.3 Å². The third kappa shape index (κ3) is 9.37. The topological polar surface area (TPSA) is 203 Å². The van der Waals surface area contributed by atoms with Gasteiger partial charge in [-0.2, -0.15) is 4.99 Å². The van der Waals surface area contributed by atoms with Crippen molar-refractivity contribution < 1.29 is 37.8 Å². The lowest BCUT2D eigenvalue weighted by atomic mass is 10.1. The van der Waals surface area contributed by atoms with Crippen molar-refractivity contribution in [3.05, 3.63) is 69.7 Å². The molecule has 4 aromatic rings. The lowest BCUT2D eigenvalue weighted by Gasteiger charge is -2.19. The number of hydrogen-bond acceptors (Lipinski definition) is 12. The summed E-state index contributed by atoms with van der Waals surface area (Å²) >= 11 is 1.20. The van der Waals surface area contributed by atoms with E-state index in [-0.39, 0.29) is 36.9 Å². The van der Waals surface area contributed by atoms with Gasteiger partial charge in [0.15, 0.2) is 10.7 Å². The highest BCUT2D eigenvalue weighted by Gasteiger charge is 2.20. The lowest BCUT2D eigenvalue weighted by Crippen LogP contribution is -2.24. The van der Waals surface area contributed by atoms with Crippen molar-refractivity contribution >= 4 is 57.0 Å². The fraction of sp³-hybridized carbons (Fsp3) is 0.371. The molecule has 266 valence electrons. The molecule has 0 unspecified atom stereocenters. The Kier molecular flexibility index (Phi) is 12.2. The molecule has 0 saturated heterocycles. The number of nitrogens with one attached hydrogen (secondary N) is 1. The number of carbonyl (C=O) groups excluding carboxylic acids is 4. The van der Waals surface area contributed by atoms with Gasteiger partial charge in [-0.25, -0.2) is 4.98 Å². The molecule has 0 saturated carbocycles. The van der Waals surface area contributed by atoms with Gasteiger partial charge in [-0.3, -0.25) is 19.2 Å². The molecule has 0 aliphatic carbocycles. The number of nitrogens with zero attached hydrogens (tertiary/aromatic N) is 3. The number of anilines is 2. The van der Waals surface area contributed by atoms with Crippen molar-refractivity contribution in [1.82, 2.24) is 9.55 Å². The number of nitrogen functional groups attached to an aromatic ring is 1. The number of ether oxygens (including phenoxy) is 3. The normalized spacial score (nSPS) is 12.0. The molecule has 4 rings (SSSR count). The van der Waals surface area contributed by atoms with Crippen LogP contribution in [-0.2, 0) is 22.5 Å². The zero-order valence-electron chi connectivity index (χ0n) is 29.0. The first-order valence-electron chi connectivity index (χ1n) is 15.9. The number of hydrogen-bond donors (Lipinski definition) is 3. The third-order valence-electron chi connectivity index (χ3n) is 7.12. The monoisotopic (exact) mass is 706 g/mol. The molecule has 14 nitrogen and oxygen atoms in total. The molecule has 0 spiro atoms. The van der Waals surface area contributed by atoms with Crippen LogP contribution in [0.15, 0.2) is 45.8 Å². The molecule has 2 aromatic carbocycles.